The number of aromatic hydroxyl groups is 1. The van der Waals surface area contributed by atoms with Gasteiger partial charge in [-0.2, -0.15) is 0 Å². The van der Waals surface area contributed by atoms with Gasteiger partial charge in [0.05, 0.1) is 6.61 Å². The number of phenolic OH excluding ortho intramolecular Hbond substituents is 1. The average molecular weight is 150 g/mol. The minimum atomic E-state index is -0.864. The van der Waals surface area contributed by atoms with Crippen LogP contribution in [0.25, 0.3) is 0 Å². The predicted molar refractivity (Wildman–Crippen MR) is 40.5 cm³/mol. The highest BCUT2D eigenvalue weighted by atomic mass is 16.5. The summed E-state index contributed by atoms with van der Waals surface area (Å²) in [6.07, 6.45) is 0. The van der Waals surface area contributed by atoms with E-state index < -0.39 is 7.12 Å². The fraction of sp³-hybridized carbons (Fsp3) is 0.143. The molecule has 56 valence electrons. The van der Waals surface area contributed by atoms with Crippen LogP contribution in [0.3, 0.4) is 0 Å². The van der Waals surface area contributed by atoms with Gasteiger partial charge in [-0.25, -0.2) is 0 Å². The molecule has 1 aliphatic rings. The molecule has 1 heterocycles. The molecule has 2 N–H and O–H groups in total. The highest BCUT2D eigenvalue weighted by molar-refractivity contribution is 6.61. The second-order valence-electron chi connectivity index (χ2n) is 2.51. The van der Waals surface area contributed by atoms with Crippen LogP contribution in [0.2, 0.25) is 0 Å². The zero-order valence-electron chi connectivity index (χ0n) is 5.82. The van der Waals surface area contributed by atoms with Gasteiger partial charge in [0.2, 0.25) is 0 Å². The van der Waals surface area contributed by atoms with Gasteiger partial charge in [-0.05, 0) is 11.5 Å². The highest BCUT2D eigenvalue weighted by Gasteiger charge is 2.28. The number of benzene rings is 1. The van der Waals surface area contributed by atoms with E-state index in [1.165, 1.54) is 0 Å². The smallest absolute Gasteiger partial charge is 0.491 e. The van der Waals surface area contributed by atoms with Crippen LogP contribution in [0.5, 0.6) is 5.75 Å². The molecule has 4 heteroatoms. The standard InChI is InChI=1S/C7H7BO3/c9-7-3-1-2-6-5(7)4-11-8(6)10/h1-3,9-10H,4H2. The summed E-state index contributed by atoms with van der Waals surface area (Å²) in [4.78, 5) is 0. The molecule has 0 atom stereocenters. The van der Waals surface area contributed by atoms with Crippen LogP contribution in [0.1, 0.15) is 5.56 Å². The Balaban J connectivity index is 2.57. The Morgan fingerprint density at radius 2 is 2.27 bits per heavy atom. The van der Waals surface area contributed by atoms with Crippen LogP contribution in [0, 0.1) is 0 Å². The summed E-state index contributed by atoms with van der Waals surface area (Å²) in [6, 6.07) is 5.01. The van der Waals surface area contributed by atoms with Crippen molar-refractivity contribution in [2.24, 2.45) is 0 Å². The normalized spacial score (nSPS) is 15.2. The molecule has 1 aromatic rings. The monoisotopic (exact) mass is 150 g/mol. The van der Waals surface area contributed by atoms with Crippen molar-refractivity contribution >= 4 is 12.6 Å². The van der Waals surface area contributed by atoms with Gasteiger partial charge in [0.25, 0.3) is 0 Å². The van der Waals surface area contributed by atoms with E-state index >= 15 is 0 Å². The van der Waals surface area contributed by atoms with E-state index in [9.17, 15) is 10.1 Å². The summed E-state index contributed by atoms with van der Waals surface area (Å²) >= 11 is 0. The predicted octanol–water partition coefficient (Wildman–Crippen LogP) is -0.390. The van der Waals surface area contributed by atoms with Crippen molar-refractivity contribution in [1.29, 1.82) is 0 Å². The van der Waals surface area contributed by atoms with E-state index in [1.807, 2.05) is 0 Å². The van der Waals surface area contributed by atoms with Crippen LogP contribution in [0.4, 0.5) is 0 Å². The Kier molecular flexibility index (Phi) is 1.37. The van der Waals surface area contributed by atoms with Crippen molar-refractivity contribution in [2.75, 3.05) is 0 Å². The molecule has 0 radical (unpaired) electrons. The number of fused-ring (bicyclic) bond motifs is 1. The van der Waals surface area contributed by atoms with E-state index in [2.05, 4.69) is 0 Å². The second kappa shape index (κ2) is 2.25. The lowest BCUT2D eigenvalue weighted by atomic mass is 9.79. The second-order valence-corrected chi connectivity index (χ2v) is 2.51. The van der Waals surface area contributed by atoms with E-state index in [-0.39, 0.29) is 5.75 Å². The highest BCUT2D eigenvalue weighted by Crippen LogP contribution is 2.19. The summed E-state index contributed by atoms with van der Waals surface area (Å²) in [7, 11) is -0.864. The first-order valence-corrected chi connectivity index (χ1v) is 3.39. The Hall–Kier alpha value is -0.995. The summed E-state index contributed by atoms with van der Waals surface area (Å²) < 4.78 is 4.90. The molecule has 0 bridgehead atoms. The van der Waals surface area contributed by atoms with Gasteiger partial charge >= 0.3 is 7.12 Å². The van der Waals surface area contributed by atoms with Crippen LogP contribution in [0.15, 0.2) is 18.2 Å². The first kappa shape index (κ1) is 6.70. The fourth-order valence-electron chi connectivity index (χ4n) is 1.23. The van der Waals surface area contributed by atoms with Crippen molar-refractivity contribution in [1.82, 2.24) is 0 Å². The van der Waals surface area contributed by atoms with Crippen molar-refractivity contribution < 1.29 is 14.8 Å². The summed E-state index contributed by atoms with van der Waals surface area (Å²) in [6.45, 7) is 0.295. The number of hydrogen-bond donors (Lipinski definition) is 2. The van der Waals surface area contributed by atoms with E-state index in [1.54, 1.807) is 18.2 Å². The maximum absolute atomic E-state index is 9.26. The number of rotatable bonds is 0. The average Bonchev–Trinajstić information content (AvgIpc) is 2.35. The third-order valence-electron chi connectivity index (χ3n) is 1.84. The van der Waals surface area contributed by atoms with Gasteiger partial charge < -0.3 is 14.8 Å². The molecule has 1 aromatic carbocycles. The lowest BCUT2D eigenvalue weighted by Crippen LogP contribution is -2.27. The zero-order valence-corrected chi connectivity index (χ0v) is 5.82. The number of hydrogen-bond acceptors (Lipinski definition) is 3. The fourth-order valence-corrected chi connectivity index (χ4v) is 1.23. The quantitative estimate of drug-likeness (QED) is 0.495. The van der Waals surface area contributed by atoms with Crippen molar-refractivity contribution in [3.63, 3.8) is 0 Å². The van der Waals surface area contributed by atoms with E-state index in [4.69, 9.17) is 4.65 Å². The summed E-state index contributed by atoms with van der Waals surface area (Å²) in [5, 5.41) is 18.4. The molecular formula is C7H7BO3. The van der Waals surface area contributed by atoms with Crippen LogP contribution in [-0.4, -0.2) is 17.2 Å². The van der Waals surface area contributed by atoms with Crippen molar-refractivity contribution in [3.05, 3.63) is 23.8 Å². The van der Waals surface area contributed by atoms with E-state index in [0.29, 0.717) is 17.6 Å². The molecule has 0 aromatic heterocycles. The molecule has 0 amide bonds. The van der Waals surface area contributed by atoms with Gasteiger partial charge in [-0.1, -0.05) is 12.1 Å². The van der Waals surface area contributed by atoms with Gasteiger partial charge in [-0.15, -0.1) is 0 Å². The molecular weight excluding hydrogens is 143 g/mol. The first-order chi connectivity index (χ1) is 5.29. The van der Waals surface area contributed by atoms with Crippen LogP contribution in [-0.2, 0) is 11.3 Å². The third-order valence-corrected chi connectivity index (χ3v) is 1.84. The molecule has 0 saturated carbocycles. The van der Waals surface area contributed by atoms with Crippen LogP contribution >= 0.6 is 0 Å². The molecule has 0 spiro atoms. The molecule has 3 nitrogen and oxygen atoms in total. The largest absolute Gasteiger partial charge is 0.508 e. The van der Waals surface area contributed by atoms with Crippen molar-refractivity contribution in [3.8, 4) is 5.75 Å². The lowest BCUT2D eigenvalue weighted by Gasteiger charge is -1.98. The maximum atomic E-state index is 9.26. The maximum Gasteiger partial charge on any atom is 0.491 e. The number of phenols is 1. The molecule has 0 fully saturated rings. The Labute approximate surface area is 64.4 Å². The molecule has 11 heavy (non-hydrogen) atoms. The minimum absolute atomic E-state index is 0.194. The summed E-state index contributed by atoms with van der Waals surface area (Å²) in [5.41, 5.74) is 1.37. The molecule has 0 unspecified atom stereocenters. The first-order valence-electron chi connectivity index (χ1n) is 3.39. The Bertz CT molecular complexity index is 287. The van der Waals surface area contributed by atoms with Crippen molar-refractivity contribution in [2.45, 2.75) is 6.61 Å². The Morgan fingerprint density at radius 3 is 3.00 bits per heavy atom. The lowest BCUT2D eigenvalue weighted by molar-refractivity contribution is 0.272. The van der Waals surface area contributed by atoms with Gasteiger partial charge in [0.15, 0.2) is 0 Å². The molecule has 0 aliphatic carbocycles. The third kappa shape index (κ3) is 0.913. The molecule has 2 rings (SSSR count). The SMILES string of the molecule is OB1OCc2c(O)cccc21. The summed E-state index contributed by atoms with van der Waals surface area (Å²) in [5.74, 6) is 0.194. The molecule has 0 saturated heterocycles. The van der Waals surface area contributed by atoms with Gasteiger partial charge in [0.1, 0.15) is 5.75 Å². The minimum Gasteiger partial charge on any atom is -0.508 e. The molecule has 1 aliphatic heterocycles. The van der Waals surface area contributed by atoms with Crippen LogP contribution < -0.4 is 5.46 Å². The topological polar surface area (TPSA) is 49.7 Å². The van der Waals surface area contributed by atoms with Gasteiger partial charge in [0, 0.05) is 5.56 Å². The zero-order chi connectivity index (χ0) is 7.84. The van der Waals surface area contributed by atoms with Gasteiger partial charge in [-0.3, -0.25) is 0 Å². The van der Waals surface area contributed by atoms with E-state index in [0.717, 1.165) is 0 Å². The Morgan fingerprint density at radius 1 is 1.45 bits per heavy atom.